The molecule has 3 nitrogen and oxygen atoms in total. The molecule has 2 aromatic heterocycles. The van der Waals surface area contributed by atoms with Crippen molar-refractivity contribution in [2.24, 2.45) is 0 Å². The van der Waals surface area contributed by atoms with E-state index in [9.17, 15) is 0 Å². The molecule has 16 heavy (non-hydrogen) atoms. The quantitative estimate of drug-likeness (QED) is 0.939. The van der Waals surface area contributed by atoms with Crippen LogP contribution in [0.4, 0.5) is 0 Å². The molecule has 0 saturated heterocycles. The highest BCUT2D eigenvalue weighted by Gasteiger charge is 2.19. The van der Waals surface area contributed by atoms with E-state index < -0.39 is 0 Å². The molecule has 0 bridgehead atoms. The zero-order valence-corrected chi connectivity index (χ0v) is 10.8. The molecule has 2 aromatic rings. The van der Waals surface area contributed by atoms with Crippen molar-refractivity contribution >= 4 is 15.9 Å². The first-order valence-electron chi connectivity index (χ1n) is 5.04. The first-order chi connectivity index (χ1) is 7.74. The van der Waals surface area contributed by atoms with E-state index >= 15 is 0 Å². The topological polar surface area (TPSA) is 38.1 Å². The van der Waals surface area contributed by atoms with Crippen LogP contribution >= 0.6 is 15.9 Å². The molecule has 1 N–H and O–H groups in total. The second kappa shape index (κ2) is 4.80. The fourth-order valence-electron chi connectivity index (χ4n) is 1.72. The van der Waals surface area contributed by atoms with Crippen molar-refractivity contribution in [3.05, 3.63) is 52.1 Å². The van der Waals surface area contributed by atoms with E-state index in [4.69, 9.17) is 4.42 Å². The fourth-order valence-corrected chi connectivity index (χ4v) is 2.15. The van der Waals surface area contributed by atoms with Crippen molar-refractivity contribution < 1.29 is 4.42 Å². The van der Waals surface area contributed by atoms with E-state index in [0.29, 0.717) is 0 Å². The molecule has 0 amide bonds. The van der Waals surface area contributed by atoms with Crippen molar-refractivity contribution in [1.29, 1.82) is 0 Å². The minimum atomic E-state index is 0.0260. The van der Waals surface area contributed by atoms with E-state index in [2.05, 4.69) is 33.2 Å². The average molecular weight is 281 g/mol. The number of hydrogen-bond acceptors (Lipinski definition) is 3. The van der Waals surface area contributed by atoms with Gasteiger partial charge in [0.25, 0.3) is 0 Å². The van der Waals surface area contributed by atoms with Gasteiger partial charge in [0.05, 0.1) is 16.8 Å². The minimum Gasteiger partial charge on any atom is -0.466 e. The van der Waals surface area contributed by atoms with E-state index in [1.807, 2.05) is 25.4 Å². The van der Waals surface area contributed by atoms with Gasteiger partial charge in [-0.25, -0.2) is 0 Å². The maximum absolute atomic E-state index is 5.49. The molecule has 0 saturated carbocycles. The molecule has 1 atom stereocenters. The summed E-state index contributed by atoms with van der Waals surface area (Å²) in [5.41, 5.74) is 2.32. The van der Waals surface area contributed by atoms with Crippen molar-refractivity contribution in [2.45, 2.75) is 13.0 Å². The number of rotatable bonds is 3. The zero-order valence-electron chi connectivity index (χ0n) is 9.20. The SMILES string of the molecule is CNC(c1cnccc1C)c1occc1Br. The molecule has 0 aliphatic carbocycles. The predicted octanol–water partition coefficient (Wildman–Crippen LogP) is 3.05. The summed E-state index contributed by atoms with van der Waals surface area (Å²) in [7, 11) is 1.91. The van der Waals surface area contributed by atoms with Gasteiger partial charge in [-0.3, -0.25) is 4.98 Å². The van der Waals surface area contributed by atoms with Crippen LogP contribution in [-0.2, 0) is 0 Å². The molecule has 0 aliphatic rings. The summed E-state index contributed by atoms with van der Waals surface area (Å²) in [4.78, 5) is 4.16. The van der Waals surface area contributed by atoms with Gasteiger partial charge in [0, 0.05) is 12.4 Å². The van der Waals surface area contributed by atoms with Crippen molar-refractivity contribution in [1.82, 2.24) is 10.3 Å². The average Bonchev–Trinajstić information content (AvgIpc) is 2.69. The molecule has 0 radical (unpaired) electrons. The number of hydrogen-bond donors (Lipinski definition) is 1. The lowest BCUT2D eigenvalue weighted by atomic mass is 10.0. The van der Waals surface area contributed by atoms with E-state index in [0.717, 1.165) is 15.8 Å². The predicted molar refractivity (Wildman–Crippen MR) is 66.3 cm³/mol. The first-order valence-corrected chi connectivity index (χ1v) is 5.84. The van der Waals surface area contributed by atoms with Gasteiger partial charge in [0.2, 0.25) is 0 Å². The van der Waals surface area contributed by atoms with Gasteiger partial charge in [-0.05, 0) is 53.2 Å². The molecule has 1 unspecified atom stereocenters. The zero-order chi connectivity index (χ0) is 11.5. The Kier molecular flexibility index (Phi) is 3.41. The van der Waals surface area contributed by atoms with Crippen molar-refractivity contribution in [2.75, 3.05) is 7.05 Å². The lowest BCUT2D eigenvalue weighted by Crippen LogP contribution is -2.18. The van der Waals surface area contributed by atoms with Crippen molar-refractivity contribution in [3.8, 4) is 0 Å². The third kappa shape index (κ3) is 2.03. The second-order valence-electron chi connectivity index (χ2n) is 3.59. The third-order valence-corrected chi connectivity index (χ3v) is 3.24. The normalized spacial score (nSPS) is 12.7. The smallest absolute Gasteiger partial charge is 0.139 e. The summed E-state index contributed by atoms with van der Waals surface area (Å²) in [6, 6.07) is 3.92. The van der Waals surface area contributed by atoms with Crippen LogP contribution in [0.5, 0.6) is 0 Å². The number of aryl methyl sites for hydroxylation is 1. The molecule has 84 valence electrons. The number of aromatic nitrogens is 1. The Bertz CT molecular complexity index is 481. The highest BCUT2D eigenvalue weighted by atomic mass is 79.9. The molecule has 2 heterocycles. The number of nitrogens with zero attached hydrogens (tertiary/aromatic N) is 1. The molecule has 0 aliphatic heterocycles. The Balaban J connectivity index is 2.45. The molecule has 4 heteroatoms. The van der Waals surface area contributed by atoms with Crippen LogP contribution in [0.1, 0.15) is 22.9 Å². The van der Waals surface area contributed by atoms with Crippen LogP contribution in [0.25, 0.3) is 0 Å². The monoisotopic (exact) mass is 280 g/mol. The van der Waals surface area contributed by atoms with Gasteiger partial charge in [-0.15, -0.1) is 0 Å². The minimum absolute atomic E-state index is 0.0260. The number of nitrogens with one attached hydrogen (secondary N) is 1. The molecule has 0 spiro atoms. The maximum Gasteiger partial charge on any atom is 0.139 e. The van der Waals surface area contributed by atoms with Crippen LogP contribution in [0.2, 0.25) is 0 Å². The Morgan fingerprint density at radius 1 is 1.44 bits per heavy atom. The third-order valence-electron chi connectivity index (χ3n) is 2.59. The number of pyridine rings is 1. The van der Waals surface area contributed by atoms with Crippen molar-refractivity contribution in [3.63, 3.8) is 0 Å². The number of halogens is 1. The highest BCUT2D eigenvalue weighted by molar-refractivity contribution is 9.10. The Morgan fingerprint density at radius 2 is 2.25 bits per heavy atom. The van der Waals surface area contributed by atoms with Gasteiger partial charge in [-0.2, -0.15) is 0 Å². The summed E-state index contributed by atoms with van der Waals surface area (Å²) in [5.74, 6) is 0.874. The van der Waals surface area contributed by atoms with E-state index in [-0.39, 0.29) is 6.04 Å². The molecule has 0 aromatic carbocycles. The molecule has 0 fully saturated rings. The molecular weight excluding hydrogens is 268 g/mol. The van der Waals surface area contributed by atoms with E-state index in [1.165, 1.54) is 5.56 Å². The second-order valence-corrected chi connectivity index (χ2v) is 4.44. The Hall–Kier alpha value is -1.13. The van der Waals surface area contributed by atoms with Gasteiger partial charge in [-0.1, -0.05) is 0 Å². The van der Waals surface area contributed by atoms with Crippen LogP contribution in [0, 0.1) is 6.92 Å². The summed E-state index contributed by atoms with van der Waals surface area (Å²) >= 11 is 3.48. The maximum atomic E-state index is 5.49. The Labute approximate surface area is 103 Å². The van der Waals surface area contributed by atoms with Gasteiger partial charge >= 0.3 is 0 Å². The fraction of sp³-hybridized carbons (Fsp3) is 0.250. The highest BCUT2D eigenvalue weighted by Crippen LogP contribution is 2.30. The summed E-state index contributed by atoms with van der Waals surface area (Å²) < 4.78 is 6.46. The van der Waals surface area contributed by atoms with E-state index in [1.54, 1.807) is 12.5 Å². The summed E-state index contributed by atoms with van der Waals surface area (Å²) in [6.45, 7) is 2.07. The van der Waals surface area contributed by atoms with Gasteiger partial charge < -0.3 is 9.73 Å². The lowest BCUT2D eigenvalue weighted by molar-refractivity contribution is 0.459. The van der Waals surface area contributed by atoms with Crippen LogP contribution in [0.15, 0.2) is 39.7 Å². The largest absolute Gasteiger partial charge is 0.466 e. The summed E-state index contributed by atoms with van der Waals surface area (Å²) in [6.07, 6.45) is 5.34. The lowest BCUT2D eigenvalue weighted by Gasteiger charge is -2.16. The molecule has 2 rings (SSSR count). The standard InChI is InChI=1S/C12H13BrN2O/c1-8-3-5-15-7-9(8)11(14-2)12-10(13)4-6-16-12/h3-7,11,14H,1-2H3. The molecular formula is C12H13BrN2O. The van der Waals surface area contributed by atoms with Gasteiger partial charge in [0.15, 0.2) is 0 Å². The summed E-state index contributed by atoms with van der Waals surface area (Å²) in [5, 5.41) is 3.24. The van der Waals surface area contributed by atoms with Gasteiger partial charge in [0.1, 0.15) is 5.76 Å². The van der Waals surface area contributed by atoms with Crippen LogP contribution < -0.4 is 5.32 Å². The Morgan fingerprint density at radius 3 is 2.81 bits per heavy atom. The van der Waals surface area contributed by atoms with Crippen LogP contribution in [0.3, 0.4) is 0 Å². The first kappa shape index (κ1) is 11.4. The van der Waals surface area contributed by atoms with Crippen LogP contribution in [-0.4, -0.2) is 12.0 Å². The number of furan rings is 1.